The molecule has 0 aromatic rings. The second-order valence-corrected chi connectivity index (χ2v) is 6.25. The summed E-state index contributed by atoms with van der Waals surface area (Å²) >= 11 is 1.39. The summed E-state index contributed by atoms with van der Waals surface area (Å²) in [5.74, 6) is -5.90. The highest BCUT2D eigenvalue weighted by molar-refractivity contribution is 7.99. The molecule has 0 aromatic carbocycles. The molecular formula is C15H24NO7S. The molecule has 0 aromatic heterocycles. The van der Waals surface area contributed by atoms with Gasteiger partial charge in [-0.05, 0) is 6.92 Å². The van der Waals surface area contributed by atoms with E-state index >= 15 is 0 Å². The fourth-order valence-electron chi connectivity index (χ4n) is 1.97. The van der Waals surface area contributed by atoms with Gasteiger partial charge in [-0.25, -0.2) is 0 Å². The summed E-state index contributed by atoms with van der Waals surface area (Å²) < 4.78 is 4.73. The van der Waals surface area contributed by atoms with Crippen LogP contribution in [0.4, 0.5) is 0 Å². The van der Waals surface area contributed by atoms with Crippen LogP contribution in [0.1, 0.15) is 20.8 Å². The number of thioether (sulfide) groups is 1. The van der Waals surface area contributed by atoms with Crippen LogP contribution in [0.5, 0.6) is 0 Å². The number of hydrogen-bond donors (Lipinski definition) is 3. The zero-order chi connectivity index (χ0) is 18.7. The lowest BCUT2D eigenvalue weighted by Crippen LogP contribution is -2.43. The number of carboxylic acid groups (broad SMARTS) is 2. The molecule has 0 aliphatic rings. The third-order valence-electron chi connectivity index (χ3n) is 3.36. The molecule has 0 spiro atoms. The number of aliphatic carboxylic acids is 2. The predicted molar refractivity (Wildman–Crippen MR) is 88.4 cm³/mol. The van der Waals surface area contributed by atoms with E-state index in [1.807, 2.05) is 0 Å². The van der Waals surface area contributed by atoms with Crippen LogP contribution in [0.2, 0.25) is 0 Å². The molecule has 0 rings (SSSR count). The second-order valence-electron chi connectivity index (χ2n) is 5.10. The van der Waals surface area contributed by atoms with Crippen molar-refractivity contribution in [1.29, 1.82) is 0 Å². The Balaban J connectivity index is 4.31. The molecule has 0 saturated heterocycles. The number of ether oxygens (including phenoxy) is 1. The average Bonchev–Trinajstić information content (AvgIpc) is 2.50. The Morgan fingerprint density at radius 2 is 1.67 bits per heavy atom. The first-order valence-corrected chi connectivity index (χ1v) is 8.68. The maximum absolute atomic E-state index is 12.1. The smallest absolute Gasteiger partial charge is 0.310 e. The zero-order valence-electron chi connectivity index (χ0n) is 14.0. The Bertz CT molecular complexity index is 435. The van der Waals surface area contributed by atoms with Crippen LogP contribution in [0.15, 0.2) is 0 Å². The number of carbonyl (C=O) groups is 4. The van der Waals surface area contributed by atoms with Crippen molar-refractivity contribution in [3.8, 4) is 0 Å². The van der Waals surface area contributed by atoms with Gasteiger partial charge in [0.05, 0.1) is 30.8 Å². The van der Waals surface area contributed by atoms with Gasteiger partial charge >= 0.3 is 17.9 Å². The lowest BCUT2D eigenvalue weighted by Gasteiger charge is -2.23. The van der Waals surface area contributed by atoms with Gasteiger partial charge < -0.3 is 20.3 Å². The molecule has 8 nitrogen and oxygen atoms in total. The van der Waals surface area contributed by atoms with Crippen molar-refractivity contribution in [3.05, 3.63) is 6.42 Å². The number of rotatable bonds is 12. The number of nitrogens with one attached hydrogen (secondary N) is 1. The summed E-state index contributed by atoms with van der Waals surface area (Å²) in [5.41, 5.74) is 0. The van der Waals surface area contributed by atoms with Gasteiger partial charge in [0.2, 0.25) is 5.91 Å². The van der Waals surface area contributed by atoms with Crippen LogP contribution in [0.25, 0.3) is 0 Å². The molecule has 137 valence electrons. The van der Waals surface area contributed by atoms with E-state index < -0.39 is 41.6 Å². The molecule has 1 amide bonds. The summed E-state index contributed by atoms with van der Waals surface area (Å²) in [4.78, 5) is 45.4. The predicted octanol–water partition coefficient (Wildman–Crippen LogP) is 0.661. The number of carboxylic acids is 2. The highest BCUT2D eigenvalue weighted by atomic mass is 32.2. The zero-order valence-corrected chi connectivity index (χ0v) is 14.8. The number of hydrogen-bond acceptors (Lipinski definition) is 6. The third kappa shape index (κ3) is 8.19. The van der Waals surface area contributed by atoms with E-state index in [-0.39, 0.29) is 6.54 Å². The number of amides is 1. The molecule has 2 atom stereocenters. The quantitative estimate of drug-likeness (QED) is 0.341. The van der Waals surface area contributed by atoms with Gasteiger partial charge in [0.15, 0.2) is 0 Å². The molecule has 1 radical (unpaired) electrons. The van der Waals surface area contributed by atoms with Crippen LogP contribution in [0, 0.1) is 24.2 Å². The first kappa shape index (κ1) is 22.2. The molecule has 0 saturated carbocycles. The van der Waals surface area contributed by atoms with Gasteiger partial charge in [0.25, 0.3) is 0 Å². The van der Waals surface area contributed by atoms with Crippen molar-refractivity contribution in [2.24, 2.45) is 17.8 Å². The summed E-state index contributed by atoms with van der Waals surface area (Å²) in [7, 11) is 0. The topological polar surface area (TPSA) is 130 Å². The van der Waals surface area contributed by atoms with Gasteiger partial charge in [0, 0.05) is 18.1 Å². The van der Waals surface area contributed by atoms with Gasteiger partial charge in [-0.3, -0.25) is 19.2 Å². The van der Waals surface area contributed by atoms with E-state index in [1.165, 1.54) is 32.0 Å². The summed E-state index contributed by atoms with van der Waals surface area (Å²) in [6.45, 7) is 4.89. The summed E-state index contributed by atoms with van der Waals surface area (Å²) in [5, 5.41) is 20.6. The minimum Gasteiger partial charge on any atom is -0.481 e. The Labute approximate surface area is 145 Å². The number of esters is 1. The van der Waals surface area contributed by atoms with E-state index in [0.29, 0.717) is 18.1 Å². The van der Waals surface area contributed by atoms with E-state index in [2.05, 4.69) is 5.32 Å². The maximum Gasteiger partial charge on any atom is 0.310 e. The molecule has 3 N–H and O–H groups in total. The van der Waals surface area contributed by atoms with Crippen molar-refractivity contribution < 1.29 is 34.1 Å². The molecule has 0 heterocycles. The lowest BCUT2D eigenvalue weighted by molar-refractivity contribution is -0.153. The molecule has 0 bridgehead atoms. The van der Waals surface area contributed by atoms with E-state index in [1.54, 1.807) is 6.92 Å². The maximum atomic E-state index is 12.1. The molecule has 24 heavy (non-hydrogen) atoms. The first-order valence-electron chi connectivity index (χ1n) is 7.53. The van der Waals surface area contributed by atoms with Crippen molar-refractivity contribution in [3.63, 3.8) is 0 Å². The SMILES string of the molecule is CCOC(=O)[CH]CSCCNC(=O)C(C(C)C(=O)O)C(C)C(=O)O. The van der Waals surface area contributed by atoms with Gasteiger partial charge in [-0.2, -0.15) is 11.8 Å². The second kappa shape index (κ2) is 11.7. The van der Waals surface area contributed by atoms with Gasteiger partial charge in [0.1, 0.15) is 0 Å². The first-order chi connectivity index (χ1) is 11.2. The highest BCUT2D eigenvalue weighted by Gasteiger charge is 2.37. The van der Waals surface area contributed by atoms with Gasteiger partial charge in [-0.1, -0.05) is 13.8 Å². The van der Waals surface area contributed by atoms with Crippen molar-refractivity contribution in [2.75, 3.05) is 24.7 Å². The molecular weight excluding hydrogens is 338 g/mol. The van der Waals surface area contributed by atoms with E-state index in [4.69, 9.17) is 14.9 Å². The largest absolute Gasteiger partial charge is 0.481 e. The molecule has 9 heteroatoms. The van der Waals surface area contributed by atoms with Crippen molar-refractivity contribution >= 4 is 35.6 Å². The Morgan fingerprint density at radius 3 is 2.12 bits per heavy atom. The molecule has 0 aliphatic heterocycles. The third-order valence-corrected chi connectivity index (χ3v) is 4.25. The number of carbonyl (C=O) groups excluding carboxylic acids is 2. The molecule has 0 aliphatic carbocycles. The van der Waals surface area contributed by atoms with Crippen LogP contribution in [-0.4, -0.2) is 58.7 Å². The monoisotopic (exact) mass is 362 g/mol. The van der Waals surface area contributed by atoms with E-state index in [0.717, 1.165) is 0 Å². The van der Waals surface area contributed by atoms with Crippen molar-refractivity contribution in [1.82, 2.24) is 5.32 Å². The molecule has 0 fully saturated rings. The minimum absolute atomic E-state index is 0.245. The standard InChI is InChI=1S/C15H24NO7S/c1-4-23-11(17)5-7-24-8-6-16-13(18)12(9(2)14(19)20)10(3)15(21)22/h5,9-10,12H,4,6-8H2,1-3H3,(H,16,18)(H,19,20)(H,21,22). The Morgan fingerprint density at radius 1 is 1.12 bits per heavy atom. The fraction of sp³-hybridized carbons (Fsp3) is 0.667. The van der Waals surface area contributed by atoms with Crippen LogP contribution in [0.3, 0.4) is 0 Å². The van der Waals surface area contributed by atoms with Crippen LogP contribution >= 0.6 is 11.8 Å². The molecule has 2 unspecified atom stereocenters. The van der Waals surface area contributed by atoms with E-state index in [9.17, 15) is 19.2 Å². The summed E-state index contributed by atoms with van der Waals surface area (Å²) in [6, 6.07) is 0. The summed E-state index contributed by atoms with van der Waals surface area (Å²) in [6.07, 6.45) is 1.39. The minimum atomic E-state index is -1.22. The van der Waals surface area contributed by atoms with Crippen LogP contribution < -0.4 is 5.32 Å². The highest BCUT2D eigenvalue weighted by Crippen LogP contribution is 2.22. The normalized spacial score (nSPS) is 14.3. The van der Waals surface area contributed by atoms with Crippen molar-refractivity contribution in [2.45, 2.75) is 20.8 Å². The Kier molecular flexibility index (Phi) is 10.9. The average molecular weight is 362 g/mol. The van der Waals surface area contributed by atoms with Gasteiger partial charge in [-0.15, -0.1) is 0 Å². The lowest BCUT2D eigenvalue weighted by atomic mass is 9.82. The fourth-order valence-corrected chi connectivity index (χ4v) is 2.64. The van der Waals surface area contributed by atoms with Crippen LogP contribution in [-0.2, 0) is 23.9 Å². The Hall–Kier alpha value is -1.77.